The van der Waals surface area contributed by atoms with Crippen LogP contribution in [-0.4, -0.2) is 48.2 Å². The first-order chi connectivity index (χ1) is 12.5. The maximum atomic E-state index is 13.7. The van der Waals surface area contributed by atoms with Crippen molar-refractivity contribution < 1.29 is 19.4 Å². The SMILES string of the molecule is O=C(O)[C@H]1CN(C(=O)C2(c3ccccc3Cl)CCOCC2)C[C@@H]1C1CC1. The summed E-state index contributed by atoms with van der Waals surface area (Å²) in [5, 5.41) is 10.2. The number of carboxylic acid groups (broad SMARTS) is 1. The van der Waals surface area contributed by atoms with Gasteiger partial charge < -0.3 is 14.7 Å². The first-order valence-corrected chi connectivity index (χ1v) is 9.76. The molecule has 3 aliphatic rings. The van der Waals surface area contributed by atoms with E-state index in [1.54, 1.807) is 4.90 Å². The number of nitrogens with zero attached hydrogens (tertiary/aromatic N) is 1. The lowest BCUT2D eigenvalue weighted by Gasteiger charge is -2.39. The van der Waals surface area contributed by atoms with Crippen LogP contribution in [0.3, 0.4) is 0 Å². The Morgan fingerprint density at radius 3 is 2.46 bits per heavy atom. The number of carboxylic acids is 1. The first-order valence-electron chi connectivity index (χ1n) is 9.38. The Labute approximate surface area is 158 Å². The van der Waals surface area contributed by atoms with E-state index in [1.165, 1.54) is 0 Å². The van der Waals surface area contributed by atoms with Gasteiger partial charge in [-0.15, -0.1) is 0 Å². The van der Waals surface area contributed by atoms with Gasteiger partial charge in [0.15, 0.2) is 0 Å². The van der Waals surface area contributed by atoms with E-state index in [4.69, 9.17) is 16.3 Å². The van der Waals surface area contributed by atoms with Gasteiger partial charge in [-0.05, 0) is 49.1 Å². The molecule has 0 unspecified atom stereocenters. The predicted molar refractivity (Wildman–Crippen MR) is 97.1 cm³/mol. The fourth-order valence-electron chi connectivity index (χ4n) is 4.73. The molecule has 2 atom stereocenters. The van der Waals surface area contributed by atoms with Gasteiger partial charge in [0, 0.05) is 31.3 Å². The summed E-state index contributed by atoms with van der Waals surface area (Å²) in [6.07, 6.45) is 3.33. The fraction of sp³-hybridized carbons (Fsp3) is 0.600. The van der Waals surface area contributed by atoms with Crippen molar-refractivity contribution in [1.82, 2.24) is 4.90 Å². The molecular weight excluding hydrogens is 354 g/mol. The highest BCUT2D eigenvalue weighted by Crippen LogP contribution is 2.46. The molecule has 4 rings (SSSR count). The predicted octanol–water partition coefficient (Wildman–Crippen LogP) is 2.96. The van der Waals surface area contributed by atoms with Crippen LogP contribution in [0.2, 0.25) is 5.02 Å². The van der Waals surface area contributed by atoms with Crippen LogP contribution in [0.25, 0.3) is 0 Å². The Bertz CT molecular complexity index is 712. The second-order valence-electron chi connectivity index (χ2n) is 7.83. The number of amides is 1. The number of halogens is 1. The molecule has 1 N–H and O–H groups in total. The van der Waals surface area contributed by atoms with E-state index in [1.807, 2.05) is 24.3 Å². The van der Waals surface area contributed by atoms with Crippen molar-refractivity contribution >= 4 is 23.5 Å². The topological polar surface area (TPSA) is 66.8 Å². The van der Waals surface area contributed by atoms with Gasteiger partial charge in [-0.25, -0.2) is 0 Å². The van der Waals surface area contributed by atoms with Gasteiger partial charge in [-0.3, -0.25) is 9.59 Å². The average molecular weight is 378 g/mol. The lowest BCUT2D eigenvalue weighted by Crippen LogP contribution is -2.49. The molecule has 0 spiro atoms. The maximum Gasteiger partial charge on any atom is 0.308 e. The van der Waals surface area contributed by atoms with E-state index in [0.717, 1.165) is 18.4 Å². The number of hydrogen-bond acceptors (Lipinski definition) is 3. The van der Waals surface area contributed by atoms with E-state index in [-0.39, 0.29) is 11.8 Å². The summed E-state index contributed by atoms with van der Waals surface area (Å²) in [6.45, 7) is 1.88. The number of carbonyl (C=O) groups is 2. The van der Waals surface area contributed by atoms with Crippen molar-refractivity contribution in [2.75, 3.05) is 26.3 Å². The molecule has 2 heterocycles. The Hall–Kier alpha value is -1.59. The van der Waals surface area contributed by atoms with Crippen LogP contribution in [0.4, 0.5) is 0 Å². The molecule has 5 nitrogen and oxygen atoms in total. The van der Waals surface area contributed by atoms with Gasteiger partial charge in [-0.2, -0.15) is 0 Å². The van der Waals surface area contributed by atoms with Crippen molar-refractivity contribution in [3.63, 3.8) is 0 Å². The highest BCUT2D eigenvalue weighted by molar-refractivity contribution is 6.31. The van der Waals surface area contributed by atoms with Crippen molar-refractivity contribution in [2.45, 2.75) is 31.1 Å². The van der Waals surface area contributed by atoms with Crippen LogP contribution in [0.1, 0.15) is 31.2 Å². The van der Waals surface area contributed by atoms with Gasteiger partial charge >= 0.3 is 5.97 Å². The van der Waals surface area contributed by atoms with Crippen LogP contribution in [-0.2, 0) is 19.7 Å². The molecule has 1 amide bonds. The van der Waals surface area contributed by atoms with Crippen LogP contribution in [0.5, 0.6) is 0 Å². The normalized spacial score (nSPS) is 28.1. The Balaban J connectivity index is 1.65. The number of hydrogen-bond donors (Lipinski definition) is 1. The number of benzene rings is 1. The minimum Gasteiger partial charge on any atom is -0.481 e. The Kier molecular flexibility index (Phi) is 4.70. The number of likely N-dealkylation sites (tertiary alicyclic amines) is 1. The molecule has 2 aliphatic heterocycles. The molecule has 140 valence electrons. The molecule has 3 fully saturated rings. The molecule has 1 saturated carbocycles. The molecule has 1 aromatic carbocycles. The number of rotatable bonds is 4. The van der Waals surface area contributed by atoms with E-state index in [2.05, 4.69) is 0 Å². The van der Waals surface area contributed by atoms with Gasteiger partial charge in [0.05, 0.1) is 11.3 Å². The minimum atomic E-state index is -0.782. The largest absolute Gasteiger partial charge is 0.481 e. The molecule has 1 aromatic rings. The Morgan fingerprint density at radius 2 is 1.85 bits per heavy atom. The first kappa shape index (κ1) is 17.8. The second-order valence-corrected chi connectivity index (χ2v) is 8.24. The fourth-order valence-corrected chi connectivity index (χ4v) is 5.04. The van der Waals surface area contributed by atoms with Gasteiger partial charge in [0.2, 0.25) is 5.91 Å². The van der Waals surface area contributed by atoms with E-state index in [0.29, 0.717) is 50.1 Å². The summed E-state index contributed by atoms with van der Waals surface area (Å²) in [5.41, 5.74) is 0.134. The quantitative estimate of drug-likeness (QED) is 0.876. The summed E-state index contributed by atoms with van der Waals surface area (Å²) in [6, 6.07) is 7.51. The lowest BCUT2D eigenvalue weighted by atomic mass is 9.73. The molecule has 26 heavy (non-hydrogen) atoms. The van der Waals surface area contributed by atoms with E-state index >= 15 is 0 Å². The van der Waals surface area contributed by atoms with Crippen LogP contribution in [0, 0.1) is 17.8 Å². The third kappa shape index (κ3) is 3.01. The Morgan fingerprint density at radius 1 is 1.15 bits per heavy atom. The summed E-state index contributed by atoms with van der Waals surface area (Å²) in [4.78, 5) is 27.2. The van der Waals surface area contributed by atoms with E-state index in [9.17, 15) is 14.7 Å². The van der Waals surface area contributed by atoms with Crippen LogP contribution >= 0.6 is 11.6 Å². The van der Waals surface area contributed by atoms with E-state index < -0.39 is 17.3 Å². The summed E-state index contributed by atoms with van der Waals surface area (Å²) >= 11 is 6.46. The summed E-state index contributed by atoms with van der Waals surface area (Å²) in [5.74, 6) is -0.673. The van der Waals surface area contributed by atoms with Crippen molar-refractivity contribution in [2.24, 2.45) is 17.8 Å². The number of ether oxygens (including phenoxy) is 1. The van der Waals surface area contributed by atoms with Crippen LogP contribution < -0.4 is 0 Å². The molecule has 6 heteroatoms. The maximum absolute atomic E-state index is 13.7. The zero-order valence-corrected chi connectivity index (χ0v) is 15.5. The number of carbonyl (C=O) groups excluding carboxylic acids is 1. The molecule has 0 radical (unpaired) electrons. The molecular formula is C20H24ClNO4. The summed E-state index contributed by atoms with van der Waals surface area (Å²) in [7, 11) is 0. The van der Waals surface area contributed by atoms with Crippen molar-refractivity contribution in [1.29, 1.82) is 0 Å². The molecule has 1 aliphatic carbocycles. The molecule has 0 bridgehead atoms. The average Bonchev–Trinajstić information content (AvgIpc) is 3.40. The minimum absolute atomic E-state index is 0.0169. The van der Waals surface area contributed by atoms with Crippen LogP contribution in [0.15, 0.2) is 24.3 Å². The zero-order valence-electron chi connectivity index (χ0n) is 14.7. The standard InChI is InChI=1S/C20H24ClNO4/c21-17-4-2-1-3-16(17)20(7-9-26-10-8-20)19(25)22-11-14(13-5-6-13)15(12-22)18(23)24/h1-4,13-15H,5-12H2,(H,23,24)/t14-,15+/m1/s1. The monoisotopic (exact) mass is 377 g/mol. The summed E-state index contributed by atoms with van der Waals surface area (Å²) < 4.78 is 5.52. The zero-order chi connectivity index (χ0) is 18.3. The van der Waals surface area contributed by atoms with Crippen molar-refractivity contribution in [3.05, 3.63) is 34.9 Å². The highest BCUT2D eigenvalue weighted by Gasteiger charge is 2.51. The molecule has 2 saturated heterocycles. The highest BCUT2D eigenvalue weighted by atomic mass is 35.5. The van der Waals surface area contributed by atoms with Gasteiger partial charge in [0.25, 0.3) is 0 Å². The smallest absolute Gasteiger partial charge is 0.308 e. The third-order valence-electron chi connectivity index (χ3n) is 6.34. The van der Waals surface area contributed by atoms with Gasteiger partial charge in [-0.1, -0.05) is 29.8 Å². The van der Waals surface area contributed by atoms with Crippen molar-refractivity contribution in [3.8, 4) is 0 Å². The second kappa shape index (κ2) is 6.86. The third-order valence-corrected chi connectivity index (χ3v) is 6.67. The number of aliphatic carboxylic acids is 1. The molecule has 0 aromatic heterocycles. The lowest BCUT2D eigenvalue weighted by molar-refractivity contribution is -0.143. The van der Waals surface area contributed by atoms with Gasteiger partial charge in [0.1, 0.15) is 0 Å².